The van der Waals surface area contributed by atoms with Crippen molar-refractivity contribution in [1.82, 2.24) is 5.32 Å². The Hall–Kier alpha value is -1.80. The smallest absolute Gasteiger partial charge is 0.0409 e. The summed E-state index contributed by atoms with van der Waals surface area (Å²) in [4.78, 5) is 0. The molecule has 3 heteroatoms. The zero-order valence-electron chi connectivity index (χ0n) is 18.7. The van der Waals surface area contributed by atoms with E-state index in [2.05, 4.69) is 87.6 Å². The lowest BCUT2D eigenvalue weighted by atomic mass is 9.72. The summed E-state index contributed by atoms with van der Waals surface area (Å²) < 4.78 is 0. The van der Waals surface area contributed by atoms with E-state index in [4.69, 9.17) is 23.2 Å². The van der Waals surface area contributed by atoms with Crippen molar-refractivity contribution < 1.29 is 0 Å². The van der Waals surface area contributed by atoms with Gasteiger partial charge < -0.3 is 5.32 Å². The normalized spacial score (nSPS) is 23.5. The van der Waals surface area contributed by atoms with Gasteiger partial charge in [0, 0.05) is 28.0 Å². The highest BCUT2D eigenvalue weighted by Gasteiger charge is 2.46. The first-order valence-electron chi connectivity index (χ1n) is 11.2. The van der Waals surface area contributed by atoms with Crippen LogP contribution in [0.2, 0.25) is 10.0 Å². The second-order valence-corrected chi connectivity index (χ2v) is 10.2. The minimum atomic E-state index is 0.208. The SMILES string of the molecule is Cc1ccc(Cl)cc1C1NC(Cc2ccccc2)C(C(C)C)C1c1ccc(Cl)cc1C. The maximum Gasteiger partial charge on any atom is 0.0409 e. The number of halogens is 2. The molecule has 0 saturated carbocycles. The highest BCUT2D eigenvalue weighted by atomic mass is 35.5. The third kappa shape index (κ3) is 4.70. The summed E-state index contributed by atoms with van der Waals surface area (Å²) in [5, 5.41) is 5.64. The van der Waals surface area contributed by atoms with Crippen LogP contribution in [0.25, 0.3) is 0 Å². The van der Waals surface area contributed by atoms with Gasteiger partial charge in [-0.15, -0.1) is 0 Å². The topological polar surface area (TPSA) is 12.0 Å². The standard InChI is InChI=1S/C28H31Cl2N/c1-17(2)26-25(15-20-8-6-5-7-9-20)31-28(24-16-22(30)11-10-18(24)3)27(26)23-13-12-21(29)14-19(23)4/h5-14,16-17,25-28,31H,15H2,1-4H3. The summed E-state index contributed by atoms with van der Waals surface area (Å²) in [5.74, 6) is 1.37. The first-order chi connectivity index (χ1) is 14.8. The van der Waals surface area contributed by atoms with Crippen molar-refractivity contribution >= 4 is 23.2 Å². The van der Waals surface area contributed by atoms with Gasteiger partial charge in [0.2, 0.25) is 0 Å². The van der Waals surface area contributed by atoms with Crippen molar-refractivity contribution in [3.63, 3.8) is 0 Å². The molecule has 0 spiro atoms. The van der Waals surface area contributed by atoms with E-state index in [-0.39, 0.29) is 6.04 Å². The van der Waals surface area contributed by atoms with Crippen molar-refractivity contribution in [1.29, 1.82) is 0 Å². The van der Waals surface area contributed by atoms with Crippen LogP contribution in [-0.4, -0.2) is 6.04 Å². The molecule has 1 fully saturated rings. The second kappa shape index (κ2) is 9.36. The average Bonchev–Trinajstić information content (AvgIpc) is 3.09. The van der Waals surface area contributed by atoms with E-state index in [0.29, 0.717) is 23.8 Å². The molecule has 162 valence electrons. The molecule has 1 saturated heterocycles. The van der Waals surface area contributed by atoms with Crippen LogP contribution in [-0.2, 0) is 6.42 Å². The summed E-state index contributed by atoms with van der Waals surface area (Å²) in [7, 11) is 0. The molecular formula is C28H31Cl2N. The van der Waals surface area contributed by atoms with Gasteiger partial charge >= 0.3 is 0 Å². The Morgan fingerprint density at radius 3 is 2.16 bits per heavy atom. The summed E-state index contributed by atoms with van der Waals surface area (Å²) in [5.41, 5.74) is 6.60. The second-order valence-electron chi connectivity index (χ2n) is 9.29. The number of benzene rings is 3. The van der Waals surface area contributed by atoms with Gasteiger partial charge in [-0.1, -0.05) is 79.5 Å². The van der Waals surface area contributed by atoms with Crippen molar-refractivity contribution in [3.05, 3.63) is 105 Å². The van der Waals surface area contributed by atoms with Crippen LogP contribution in [0.1, 0.15) is 53.6 Å². The predicted molar refractivity (Wildman–Crippen MR) is 133 cm³/mol. The molecule has 0 aromatic heterocycles. The van der Waals surface area contributed by atoms with E-state index in [9.17, 15) is 0 Å². The van der Waals surface area contributed by atoms with Crippen molar-refractivity contribution in [3.8, 4) is 0 Å². The van der Waals surface area contributed by atoms with Gasteiger partial charge in [-0.3, -0.25) is 0 Å². The summed E-state index contributed by atoms with van der Waals surface area (Å²) >= 11 is 12.8. The van der Waals surface area contributed by atoms with E-state index in [1.165, 1.54) is 27.8 Å². The van der Waals surface area contributed by atoms with Crippen LogP contribution >= 0.6 is 23.2 Å². The lowest BCUT2D eigenvalue weighted by molar-refractivity contribution is 0.310. The largest absolute Gasteiger partial charge is 0.306 e. The number of hydrogen-bond acceptors (Lipinski definition) is 1. The Kier molecular flexibility index (Phi) is 6.77. The van der Waals surface area contributed by atoms with Crippen LogP contribution in [0, 0.1) is 25.7 Å². The van der Waals surface area contributed by atoms with E-state index < -0.39 is 0 Å². The average molecular weight is 452 g/mol. The van der Waals surface area contributed by atoms with E-state index in [1.54, 1.807) is 0 Å². The van der Waals surface area contributed by atoms with Crippen LogP contribution in [0.15, 0.2) is 66.7 Å². The summed E-state index contributed by atoms with van der Waals surface area (Å²) in [6, 6.07) is 24.1. The summed E-state index contributed by atoms with van der Waals surface area (Å²) in [6.45, 7) is 9.09. The molecule has 1 heterocycles. The molecule has 0 amide bonds. The number of rotatable bonds is 5. The van der Waals surface area contributed by atoms with Crippen molar-refractivity contribution in [2.75, 3.05) is 0 Å². The quantitative estimate of drug-likeness (QED) is 0.415. The van der Waals surface area contributed by atoms with Gasteiger partial charge in [0.25, 0.3) is 0 Å². The lowest BCUT2D eigenvalue weighted by Gasteiger charge is -2.31. The van der Waals surface area contributed by atoms with Crippen LogP contribution < -0.4 is 5.32 Å². The maximum absolute atomic E-state index is 6.46. The van der Waals surface area contributed by atoms with Gasteiger partial charge in [0.05, 0.1) is 0 Å². The van der Waals surface area contributed by atoms with Crippen LogP contribution in [0.5, 0.6) is 0 Å². The Labute approximate surface area is 196 Å². The van der Waals surface area contributed by atoms with Crippen LogP contribution in [0.3, 0.4) is 0 Å². The lowest BCUT2D eigenvalue weighted by Crippen LogP contribution is -2.33. The molecule has 4 unspecified atom stereocenters. The molecule has 0 bridgehead atoms. The third-order valence-electron chi connectivity index (χ3n) is 6.87. The number of nitrogens with one attached hydrogen (secondary N) is 1. The molecule has 1 aliphatic heterocycles. The molecule has 4 atom stereocenters. The molecule has 4 rings (SSSR count). The first kappa shape index (κ1) is 22.4. The predicted octanol–water partition coefficient (Wildman–Crippen LogP) is 7.92. The zero-order chi connectivity index (χ0) is 22.1. The van der Waals surface area contributed by atoms with E-state index in [0.717, 1.165) is 16.5 Å². The fraction of sp³-hybridized carbons (Fsp3) is 0.357. The van der Waals surface area contributed by atoms with Crippen molar-refractivity contribution in [2.24, 2.45) is 11.8 Å². The third-order valence-corrected chi connectivity index (χ3v) is 7.34. The van der Waals surface area contributed by atoms with Crippen molar-refractivity contribution in [2.45, 2.75) is 52.1 Å². The molecule has 3 aromatic rings. The monoisotopic (exact) mass is 451 g/mol. The molecular weight excluding hydrogens is 421 g/mol. The minimum absolute atomic E-state index is 0.208. The molecule has 1 nitrogen and oxygen atoms in total. The summed E-state index contributed by atoms with van der Waals surface area (Å²) in [6.07, 6.45) is 1.02. The molecule has 0 aliphatic carbocycles. The maximum atomic E-state index is 6.46. The first-order valence-corrected chi connectivity index (χ1v) is 11.9. The van der Waals surface area contributed by atoms with Crippen LogP contribution in [0.4, 0.5) is 0 Å². The van der Waals surface area contributed by atoms with Gasteiger partial charge in [-0.05, 0) is 84.2 Å². The number of aryl methyl sites for hydroxylation is 2. The van der Waals surface area contributed by atoms with Gasteiger partial charge in [-0.2, -0.15) is 0 Å². The van der Waals surface area contributed by atoms with Gasteiger partial charge in [-0.25, -0.2) is 0 Å². The Bertz CT molecular complexity index is 1040. The van der Waals surface area contributed by atoms with Gasteiger partial charge in [0.1, 0.15) is 0 Å². The Morgan fingerprint density at radius 1 is 0.806 bits per heavy atom. The molecule has 3 aromatic carbocycles. The molecule has 1 N–H and O–H groups in total. The van der Waals surface area contributed by atoms with Gasteiger partial charge in [0.15, 0.2) is 0 Å². The van der Waals surface area contributed by atoms with E-state index >= 15 is 0 Å². The highest BCUT2D eigenvalue weighted by molar-refractivity contribution is 6.31. The molecule has 0 radical (unpaired) electrons. The van der Waals surface area contributed by atoms with E-state index in [1.807, 2.05) is 12.1 Å². The molecule has 31 heavy (non-hydrogen) atoms. The number of hydrogen-bond donors (Lipinski definition) is 1. The Morgan fingerprint density at radius 2 is 1.48 bits per heavy atom. The highest BCUT2D eigenvalue weighted by Crippen LogP contribution is 2.50. The molecule has 1 aliphatic rings. The fourth-order valence-electron chi connectivity index (χ4n) is 5.49. The minimum Gasteiger partial charge on any atom is -0.306 e. The Balaban J connectivity index is 1.83. The fourth-order valence-corrected chi connectivity index (χ4v) is 5.90. The zero-order valence-corrected chi connectivity index (χ0v) is 20.2.